The van der Waals surface area contributed by atoms with Gasteiger partial charge in [-0.3, -0.25) is 14.7 Å². The summed E-state index contributed by atoms with van der Waals surface area (Å²) in [6.07, 6.45) is 4.48. The zero-order valence-corrected chi connectivity index (χ0v) is 11.7. The summed E-state index contributed by atoms with van der Waals surface area (Å²) in [5, 5.41) is 0. The summed E-state index contributed by atoms with van der Waals surface area (Å²) in [5.74, 6) is 0.0280. The van der Waals surface area contributed by atoms with Gasteiger partial charge in [0.25, 0.3) is 0 Å². The molecule has 19 heavy (non-hydrogen) atoms. The smallest absolute Gasteiger partial charge is 0.178 e. The molecule has 1 aromatic heterocycles. The summed E-state index contributed by atoms with van der Waals surface area (Å²) >= 11 is 0. The lowest BCUT2D eigenvalue weighted by Crippen LogP contribution is -2.55. The normalized spacial score (nSPS) is 27.4. The van der Waals surface area contributed by atoms with E-state index in [0.717, 1.165) is 18.8 Å². The van der Waals surface area contributed by atoms with E-state index in [-0.39, 0.29) is 5.78 Å². The van der Waals surface area contributed by atoms with Crippen LogP contribution in [-0.2, 0) is 0 Å². The molecule has 0 radical (unpaired) electrons. The number of hydrogen-bond acceptors (Lipinski definition) is 4. The Morgan fingerprint density at radius 2 is 2.21 bits per heavy atom. The number of anilines is 1. The fraction of sp³-hybridized carbons (Fsp3) is 0.600. The maximum Gasteiger partial charge on any atom is 0.178 e. The van der Waals surface area contributed by atoms with Crippen molar-refractivity contribution in [1.29, 1.82) is 0 Å². The molecule has 2 atom stereocenters. The van der Waals surface area contributed by atoms with Gasteiger partial charge in [-0.15, -0.1) is 0 Å². The molecule has 0 amide bonds. The van der Waals surface area contributed by atoms with Gasteiger partial charge in [-0.25, -0.2) is 0 Å². The maximum absolute atomic E-state index is 11.3. The zero-order valence-electron chi connectivity index (χ0n) is 11.7. The van der Waals surface area contributed by atoms with E-state index in [9.17, 15) is 4.79 Å². The minimum Gasteiger partial charge on any atom is -0.365 e. The molecule has 3 rings (SSSR count). The zero-order chi connectivity index (χ0) is 13.4. The minimum absolute atomic E-state index is 0.0280. The Bertz CT molecular complexity index is 471. The van der Waals surface area contributed by atoms with Crippen LogP contribution in [0.25, 0.3) is 0 Å². The van der Waals surface area contributed by atoms with Crippen LogP contribution >= 0.6 is 0 Å². The molecule has 2 fully saturated rings. The van der Waals surface area contributed by atoms with Crippen molar-refractivity contribution in [2.75, 3.05) is 24.5 Å². The van der Waals surface area contributed by atoms with Gasteiger partial charge in [0.1, 0.15) is 5.69 Å². The van der Waals surface area contributed by atoms with Crippen LogP contribution in [0.3, 0.4) is 0 Å². The quantitative estimate of drug-likeness (QED) is 0.761. The molecule has 0 bridgehead atoms. The number of pyridine rings is 1. The van der Waals surface area contributed by atoms with E-state index in [4.69, 9.17) is 0 Å². The molecule has 102 valence electrons. The van der Waals surface area contributed by atoms with Gasteiger partial charge < -0.3 is 4.90 Å². The van der Waals surface area contributed by atoms with Crippen molar-refractivity contribution in [2.24, 2.45) is 0 Å². The van der Waals surface area contributed by atoms with Crippen LogP contribution in [0.15, 0.2) is 18.3 Å². The molecule has 2 aliphatic rings. The summed E-state index contributed by atoms with van der Waals surface area (Å²) < 4.78 is 0. The summed E-state index contributed by atoms with van der Waals surface area (Å²) in [4.78, 5) is 20.6. The third-order valence-corrected chi connectivity index (χ3v) is 4.38. The highest BCUT2D eigenvalue weighted by Crippen LogP contribution is 2.28. The van der Waals surface area contributed by atoms with Crippen LogP contribution in [0.1, 0.15) is 37.2 Å². The first-order chi connectivity index (χ1) is 9.15. The highest BCUT2D eigenvalue weighted by atomic mass is 16.1. The number of rotatable bonds is 2. The van der Waals surface area contributed by atoms with E-state index in [1.54, 1.807) is 6.92 Å². The fourth-order valence-corrected chi connectivity index (χ4v) is 3.31. The number of fused-ring (bicyclic) bond motifs is 1. The van der Waals surface area contributed by atoms with E-state index in [0.29, 0.717) is 17.8 Å². The highest BCUT2D eigenvalue weighted by Gasteiger charge is 2.34. The lowest BCUT2D eigenvalue weighted by molar-refractivity contribution is 0.101. The number of ketones is 1. The lowest BCUT2D eigenvalue weighted by atomic mass is 10.1. The maximum atomic E-state index is 11.3. The largest absolute Gasteiger partial charge is 0.365 e. The third-order valence-electron chi connectivity index (χ3n) is 4.38. The van der Waals surface area contributed by atoms with Gasteiger partial charge in [0.2, 0.25) is 0 Å². The van der Waals surface area contributed by atoms with Crippen molar-refractivity contribution in [1.82, 2.24) is 9.88 Å². The Kier molecular flexibility index (Phi) is 3.27. The van der Waals surface area contributed by atoms with E-state index in [2.05, 4.69) is 21.7 Å². The monoisotopic (exact) mass is 259 g/mol. The SMILES string of the molecule is CC(=O)c1ccc(N2CC3CCCN3CC2C)cn1. The van der Waals surface area contributed by atoms with Crippen molar-refractivity contribution < 1.29 is 4.79 Å². The molecular formula is C15H21N3O. The van der Waals surface area contributed by atoms with Gasteiger partial charge in [-0.05, 0) is 38.4 Å². The standard InChI is InChI=1S/C15H21N3O/c1-11-9-17-7-3-4-14(17)10-18(11)13-5-6-15(12(2)19)16-8-13/h5-6,8,11,14H,3-4,7,9-10H2,1-2H3. The third kappa shape index (κ3) is 2.37. The van der Waals surface area contributed by atoms with Crippen molar-refractivity contribution >= 4 is 11.5 Å². The summed E-state index contributed by atoms with van der Waals surface area (Å²) in [5.41, 5.74) is 1.69. The van der Waals surface area contributed by atoms with Crippen LogP contribution in [-0.4, -0.2) is 47.4 Å². The molecule has 2 unspecified atom stereocenters. The predicted molar refractivity (Wildman–Crippen MR) is 75.6 cm³/mol. The summed E-state index contributed by atoms with van der Waals surface area (Å²) in [7, 11) is 0. The molecule has 1 aromatic rings. The molecule has 0 spiro atoms. The number of carbonyl (C=O) groups excluding carboxylic acids is 1. The number of aromatic nitrogens is 1. The molecule has 2 aliphatic heterocycles. The first-order valence-corrected chi connectivity index (χ1v) is 7.13. The van der Waals surface area contributed by atoms with E-state index < -0.39 is 0 Å². The second-order valence-corrected chi connectivity index (χ2v) is 5.75. The Balaban J connectivity index is 1.79. The second kappa shape index (κ2) is 4.93. The molecule has 2 saturated heterocycles. The van der Waals surface area contributed by atoms with E-state index in [1.807, 2.05) is 18.3 Å². The van der Waals surface area contributed by atoms with Gasteiger partial charge in [-0.1, -0.05) is 0 Å². The Morgan fingerprint density at radius 3 is 2.89 bits per heavy atom. The van der Waals surface area contributed by atoms with Gasteiger partial charge >= 0.3 is 0 Å². The molecular weight excluding hydrogens is 238 g/mol. The topological polar surface area (TPSA) is 36.4 Å². The van der Waals surface area contributed by atoms with Crippen molar-refractivity contribution in [2.45, 2.75) is 38.8 Å². The molecule has 4 nitrogen and oxygen atoms in total. The Labute approximate surface area is 114 Å². The lowest BCUT2D eigenvalue weighted by Gasteiger charge is -2.43. The van der Waals surface area contributed by atoms with Gasteiger partial charge in [-0.2, -0.15) is 0 Å². The molecule has 0 aliphatic carbocycles. The number of nitrogens with zero attached hydrogens (tertiary/aromatic N) is 3. The van der Waals surface area contributed by atoms with Crippen molar-refractivity contribution in [3.63, 3.8) is 0 Å². The molecule has 0 saturated carbocycles. The minimum atomic E-state index is 0.0280. The average Bonchev–Trinajstić information content (AvgIpc) is 2.85. The van der Waals surface area contributed by atoms with Gasteiger partial charge in [0, 0.05) is 32.1 Å². The van der Waals surface area contributed by atoms with Crippen LogP contribution < -0.4 is 4.90 Å². The molecule has 4 heteroatoms. The molecule has 0 N–H and O–H groups in total. The first-order valence-electron chi connectivity index (χ1n) is 7.13. The summed E-state index contributed by atoms with van der Waals surface area (Å²) in [6, 6.07) is 5.08. The van der Waals surface area contributed by atoms with Crippen molar-refractivity contribution in [3.05, 3.63) is 24.0 Å². The molecule has 0 aromatic carbocycles. The van der Waals surface area contributed by atoms with E-state index in [1.165, 1.54) is 19.4 Å². The fourth-order valence-electron chi connectivity index (χ4n) is 3.31. The second-order valence-electron chi connectivity index (χ2n) is 5.75. The molecule has 3 heterocycles. The van der Waals surface area contributed by atoms with Crippen LogP contribution in [0.5, 0.6) is 0 Å². The highest BCUT2D eigenvalue weighted by molar-refractivity contribution is 5.92. The first kappa shape index (κ1) is 12.6. The number of Topliss-reactive ketones (excluding diaryl/α,β-unsaturated/α-hetero) is 1. The Hall–Kier alpha value is -1.42. The number of carbonyl (C=O) groups is 1. The summed E-state index contributed by atoms with van der Waals surface area (Å²) in [6.45, 7) is 7.31. The van der Waals surface area contributed by atoms with Crippen LogP contribution in [0.2, 0.25) is 0 Å². The predicted octanol–water partition coefficient (Wildman–Crippen LogP) is 1.96. The van der Waals surface area contributed by atoms with Gasteiger partial charge in [0.15, 0.2) is 5.78 Å². The Morgan fingerprint density at radius 1 is 1.37 bits per heavy atom. The number of piperazine rings is 1. The van der Waals surface area contributed by atoms with Crippen LogP contribution in [0.4, 0.5) is 5.69 Å². The number of hydrogen-bond donors (Lipinski definition) is 0. The van der Waals surface area contributed by atoms with Gasteiger partial charge in [0.05, 0.1) is 11.9 Å². The van der Waals surface area contributed by atoms with E-state index >= 15 is 0 Å². The van der Waals surface area contributed by atoms with Crippen molar-refractivity contribution in [3.8, 4) is 0 Å². The van der Waals surface area contributed by atoms with Crippen LogP contribution in [0, 0.1) is 0 Å². The average molecular weight is 259 g/mol.